The summed E-state index contributed by atoms with van der Waals surface area (Å²) in [6.07, 6.45) is 1.94. The maximum absolute atomic E-state index is 11.6. The molecule has 0 aromatic heterocycles. The lowest BCUT2D eigenvalue weighted by Crippen LogP contribution is -2.30. The fraction of sp³-hybridized carbons (Fsp3) is 0.250. The normalized spacial score (nSPS) is 15.8. The topological polar surface area (TPSA) is 86.6 Å². The number of carboxylic acids is 2. The van der Waals surface area contributed by atoms with Gasteiger partial charge in [0.1, 0.15) is 0 Å². The number of nitrogens with one attached hydrogen (secondary N) is 1. The number of hydrogen-bond acceptors (Lipinski definition) is 4. The number of thioether (sulfide) groups is 1. The van der Waals surface area contributed by atoms with Crippen molar-refractivity contribution in [1.82, 2.24) is 5.32 Å². The predicted molar refractivity (Wildman–Crippen MR) is 84.8 cm³/mol. The molecule has 0 fully saturated rings. The summed E-state index contributed by atoms with van der Waals surface area (Å²) in [7, 11) is 0. The third kappa shape index (κ3) is 2.87. The Morgan fingerprint density at radius 1 is 1.00 bits per heavy atom. The van der Waals surface area contributed by atoms with Crippen molar-refractivity contribution in [2.45, 2.75) is 24.7 Å². The molecule has 1 aliphatic rings. The molecular formula is C16H17NO4S. The van der Waals surface area contributed by atoms with Crippen LogP contribution in [0.4, 0.5) is 0 Å². The van der Waals surface area contributed by atoms with Gasteiger partial charge in [0.2, 0.25) is 0 Å². The van der Waals surface area contributed by atoms with Crippen LogP contribution in [0.5, 0.6) is 0 Å². The maximum Gasteiger partial charge on any atom is 0.334 e. The second-order valence-corrected chi connectivity index (χ2v) is 5.90. The lowest BCUT2D eigenvalue weighted by atomic mass is 9.80. The van der Waals surface area contributed by atoms with Crippen molar-refractivity contribution in [2.75, 3.05) is 6.26 Å². The van der Waals surface area contributed by atoms with Crippen LogP contribution in [0.2, 0.25) is 0 Å². The summed E-state index contributed by atoms with van der Waals surface area (Å²) in [5.74, 6) is -3.02. The summed E-state index contributed by atoms with van der Waals surface area (Å²) in [5.41, 5.74) is 1.73. The smallest absolute Gasteiger partial charge is 0.334 e. The molecule has 0 amide bonds. The first kappa shape index (κ1) is 16.2. The van der Waals surface area contributed by atoms with Gasteiger partial charge in [0.25, 0.3) is 0 Å². The summed E-state index contributed by atoms with van der Waals surface area (Å²) in [6.45, 7) is 3.30. The molecule has 22 heavy (non-hydrogen) atoms. The van der Waals surface area contributed by atoms with E-state index >= 15 is 0 Å². The van der Waals surface area contributed by atoms with Gasteiger partial charge in [-0.15, -0.1) is 11.8 Å². The second-order valence-electron chi connectivity index (χ2n) is 5.02. The highest BCUT2D eigenvalue weighted by Crippen LogP contribution is 2.38. The molecule has 0 spiro atoms. The summed E-state index contributed by atoms with van der Waals surface area (Å²) in [5, 5.41) is 21.9. The van der Waals surface area contributed by atoms with Gasteiger partial charge in [0.15, 0.2) is 0 Å². The van der Waals surface area contributed by atoms with Crippen LogP contribution in [-0.4, -0.2) is 28.4 Å². The molecule has 0 saturated heterocycles. The first-order chi connectivity index (χ1) is 10.4. The molecule has 1 heterocycles. The number of rotatable bonds is 4. The van der Waals surface area contributed by atoms with Crippen LogP contribution in [0.3, 0.4) is 0 Å². The van der Waals surface area contributed by atoms with Crippen molar-refractivity contribution in [3.8, 4) is 0 Å². The third-order valence-electron chi connectivity index (χ3n) is 3.67. The molecule has 0 unspecified atom stereocenters. The SMILES string of the molecule is CSc1ccc(C2C(C(=O)O)=C(C)NC(C)=C2C(=O)O)cc1. The number of benzene rings is 1. The molecule has 0 aliphatic carbocycles. The Hall–Kier alpha value is -2.21. The van der Waals surface area contributed by atoms with Crippen LogP contribution >= 0.6 is 11.8 Å². The van der Waals surface area contributed by atoms with Gasteiger partial charge in [0, 0.05) is 16.3 Å². The van der Waals surface area contributed by atoms with E-state index in [0.717, 1.165) is 4.90 Å². The molecule has 1 aromatic rings. The summed E-state index contributed by atoms with van der Waals surface area (Å²) in [6, 6.07) is 7.31. The molecular weight excluding hydrogens is 302 g/mol. The molecule has 5 nitrogen and oxygen atoms in total. The van der Waals surface area contributed by atoms with Gasteiger partial charge in [-0.2, -0.15) is 0 Å². The number of carbonyl (C=O) groups is 2. The predicted octanol–water partition coefficient (Wildman–Crippen LogP) is 2.81. The van der Waals surface area contributed by atoms with Crippen molar-refractivity contribution < 1.29 is 19.8 Å². The molecule has 0 radical (unpaired) electrons. The van der Waals surface area contributed by atoms with Crippen LogP contribution in [0.15, 0.2) is 51.7 Å². The molecule has 2 rings (SSSR count). The molecule has 3 N–H and O–H groups in total. The molecule has 116 valence electrons. The van der Waals surface area contributed by atoms with Crippen molar-refractivity contribution in [3.63, 3.8) is 0 Å². The number of hydrogen-bond donors (Lipinski definition) is 3. The Labute approximate surface area is 132 Å². The third-order valence-corrected chi connectivity index (χ3v) is 4.41. The van der Waals surface area contributed by atoms with Gasteiger partial charge in [-0.05, 0) is 37.8 Å². The van der Waals surface area contributed by atoms with E-state index in [1.54, 1.807) is 37.7 Å². The van der Waals surface area contributed by atoms with E-state index < -0.39 is 17.9 Å². The van der Waals surface area contributed by atoms with Gasteiger partial charge < -0.3 is 15.5 Å². The fourth-order valence-corrected chi connectivity index (χ4v) is 3.10. The second kappa shape index (κ2) is 6.27. The van der Waals surface area contributed by atoms with Gasteiger partial charge in [-0.25, -0.2) is 9.59 Å². The van der Waals surface area contributed by atoms with E-state index in [0.29, 0.717) is 17.0 Å². The first-order valence-electron chi connectivity index (χ1n) is 6.66. The lowest BCUT2D eigenvalue weighted by Gasteiger charge is -2.28. The minimum Gasteiger partial charge on any atom is -0.478 e. The Bertz CT molecular complexity index is 653. The summed E-state index contributed by atoms with van der Waals surface area (Å²) in [4.78, 5) is 24.3. The van der Waals surface area contributed by atoms with Crippen LogP contribution in [0.1, 0.15) is 25.3 Å². The Kier molecular flexibility index (Phi) is 4.61. The van der Waals surface area contributed by atoms with Crippen LogP contribution in [-0.2, 0) is 9.59 Å². The van der Waals surface area contributed by atoms with E-state index in [4.69, 9.17) is 0 Å². The molecule has 0 bridgehead atoms. The molecule has 6 heteroatoms. The quantitative estimate of drug-likeness (QED) is 0.740. The number of allylic oxidation sites excluding steroid dienone is 2. The van der Waals surface area contributed by atoms with Crippen molar-refractivity contribution in [3.05, 3.63) is 52.4 Å². The van der Waals surface area contributed by atoms with Crippen LogP contribution in [0.25, 0.3) is 0 Å². The Balaban J connectivity index is 2.63. The fourth-order valence-electron chi connectivity index (χ4n) is 2.69. The van der Waals surface area contributed by atoms with E-state index in [1.807, 2.05) is 18.4 Å². The Morgan fingerprint density at radius 2 is 1.45 bits per heavy atom. The van der Waals surface area contributed by atoms with Gasteiger partial charge in [-0.1, -0.05) is 12.1 Å². The maximum atomic E-state index is 11.6. The van der Waals surface area contributed by atoms with Crippen LogP contribution in [0, 0.1) is 0 Å². The average molecular weight is 319 g/mol. The van der Waals surface area contributed by atoms with Crippen molar-refractivity contribution in [2.24, 2.45) is 0 Å². The molecule has 0 atom stereocenters. The molecule has 1 aromatic carbocycles. The van der Waals surface area contributed by atoms with E-state index in [2.05, 4.69) is 5.32 Å². The number of dihydropyridines is 1. The zero-order chi connectivity index (χ0) is 16.4. The molecule has 0 saturated carbocycles. The number of carboxylic acid groups (broad SMARTS) is 2. The monoisotopic (exact) mass is 319 g/mol. The van der Waals surface area contributed by atoms with E-state index in [9.17, 15) is 19.8 Å². The van der Waals surface area contributed by atoms with E-state index in [1.165, 1.54) is 0 Å². The molecule has 1 aliphatic heterocycles. The number of aliphatic carboxylic acids is 2. The van der Waals surface area contributed by atoms with Crippen molar-refractivity contribution >= 4 is 23.7 Å². The highest BCUT2D eigenvalue weighted by molar-refractivity contribution is 7.98. The minimum absolute atomic E-state index is 0.0694. The standard InChI is InChI=1S/C16H17NO4S/c1-8-12(15(18)19)14(13(16(20)21)9(2)17-8)10-4-6-11(22-3)7-5-10/h4-7,14,17H,1-3H3,(H,18,19)(H,20,21). The summed E-state index contributed by atoms with van der Waals surface area (Å²) < 4.78 is 0. The highest BCUT2D eigenvalue weighted by Gasteiger charge is 2.36. The highest BCUT2D eigenvalue weighted by atomic mass is 32.2. The summed E-state index contributed by atoms with van der Waals surface area (Å²) >= 11 is 1.57. The first-order valence-corrected chi connectivity index (χ1v) is 7.88. The Morgan fingerprint density at radius 3 is 1.82 bits per heavy atom. The van der Waals surface area contributed by atoms with Gasteiger partial charge in [0.05, 0.1) is 17.1 Å². The van der Waals surface area contributed by atoms with Crippen LogP contribution < -0.4 is 5.32 Å². The minimum atomic E-state index is -1.12. The zero-order valence-electron chi connectivity index (χ0n) is 12.5. The van der Waals surface area contributed by atoms with E-state index in [-0.39, 0.29) is 11.1 Å². The average Bonchev–Trinajstić information content (AvgIpc) is 2.45. The van der Waals surface area contributed by atoms with Gasteiger partial charge in [-0.3, -0.25) is 0 Å². The lowest BCUT2D eigenvalue weighted by molar-refractivity contribution is -0.133. The van der Waals surface area contributed by atoms with Crippen molar-refractivity contribution in [1.29, 1.82) is 0 Å². The zero-order valence-corrected chi connectivity index (χ0v) is 13.3. The van der Waals surface area contributed by atoms with Gasteiger partial charge >= 0.3 is 11.9 Å². The largest absolute Gasteiger partial charge is 0.478 e.